The zero-order valence-corrected chi connectivity index (χ0v) is 23.1. The van der Waals surface area contributed by atoms with Crippen LogP contribution < -0.4 is 4.80 Å². The van der Waals surface area contributed by atoms with Crippen molar-refractivity contribution in [1.82, 2.24) is 25.2 Å². The van der Waals surface area contributed by atoms with Gasteiger partial charge in [-0.25, -0.2) is 9.18 Å². The lowest BCUT2D eigenvalue weighted by molar-refractivity contribution is 0.0683. The number of aryl methyl sites for hydroxylation is 1. The Balaban J connectivity index is 1.53. The van der Waals surface area contributed by atoms with E-state index in [1.807, 2.05) is 48.5 Å². The molecule has 0 unspecified atom stereocenters. The van der Waals surface area contributed by atoms with Gasteiger partial charge in [-0.05, 0) is 46.9 Å². The van der Waals surface area contributed by atoms with Crippen LogP contribution in [0.5, 0.6) is 0 Å². The Morgan fingerprint density at radius 2 is 1.73 bits per heavy atom. The molecule has 0 aliphatic heterocycles. The molecule has 208 valence electrons. The first-order valence-electron chi connectivity index (χ1n) is 13.2. The first-order valence-corrected chi connectivity index (χ1v) is 14.0. The number of unbranched alkanes of at least 4 members (excludes halogenated alkanes) is 2. The molecular weight excluding hydrogens is 543 g/mol. The van der Waals surface area contributed by atoms with Gasteiger partial charge in [-0.1, -0.05) is 80.4 Å². The second-order valence-electron chi connectivity index (χ2n) is 9.38. The highest BCUT2D eigenvalue weighted by Crippen LogP contribution is 2.30. The summed E-state index contributed by atoms with van der Waals surface area (Å²) in [5.41, 5.74) is 3.39. The lowest BCUT2D eigenvalue weighted by Gasteiger charge is -2.10. The highest BCUT2D eigenvalue weighted by atomic mass is 32.1. The van der Waals surface area contributed by atoms with Gasteiger partial charge in [0.1, 0.15) is 11.5 Å². The van der Waals surface area contributed by atoms with Crippen molar-refractivity contribution < 1.29 is 19.1 Å². The zero-order chi connectivity index (χ0) is 28.8. The fourth-order valence-electron chi connectivity index (χ4n) is 4.59. The van der Waals surface area contributed by atoms with Gasteiger partial charge in [0.15, 0.2) is 4.80 Å². The van der Waals surface area contributed by atoms with Gasteiger partial charge in [0.25, 0.3) is 5.91 Å². The molecule has 11 heteroatoms. The Bertz CT molecular complexity index is 1740. The average Bonchev–Trinajstić information content (AvgIpc) is 3.63. The summed E-state index contributed by atoms with van der Waals surface area (Å²) in [5.74, 6) is -2.06. The molecule has 5 rings (SSSR count). The minimum atomic E-state index is -1.10. The molecule has 0 bridgehead atoms. The number of thiazole rings is 1. The van der Waals surface area contributed by atoms with Gasteiger partial charge in [0, 0.05) is 10.4 Å². The van der Waals surface area contributed by atoms with Crippen LogP contribution in [-0.2, 0) is 13.0 Å². The number of H-pyrrole nitrogens is 1. The molecular formula is C30H27FN6O3S. The summed E-state index contributed by atoms with van der Waals surface area (Å²) in [4.78, 5) is 30.5. The molecule has 2 heterocycles. The standard InChI is InChI=1S/C30H27FN6O3S/c1-2-3-4-13-25-26(29(39)40)37(30(41-25)32-28(38)23-11-7-8-12-24(23)31)18-19-14-16-20(17-15-19)21-9-5-6-10-22(21)27-33-35-36-34-27/h5-12,14-17H,2-4,13,18H2,1H3,(H,39,40)(H,33,34,35,36). The van der Waals surface area contributed by atoms with E-state index in [0.29, 0.717) is 17.1 Å². The van der Waals surface area contributed by atoms with Crippen LogP contribution in [0.15, 0.2) is 77.8 Å². The predicted molar refractivity (Wildman–Crippen MR) is 153 cm³/mol. The third-order valence-electron chi connectivity index (χ3n) is 6.61. The molecule has 0 saturated heterocycles. The number of halogens is 1. The SMILES string of the molecule is CCCCCc1sc(=NC(=O)c2ccccc2F)n(Cc2ccc(-c3ccccc3-c3nn[nH]n3)cc2)c1C(=O)O. The Morgan fingerprint density at radius 1 is 1.00 bits per heavy atom. The largest absolute Gasteiger partial charge is 0.477 e. The molecule has 41 heavy (non-hydrogen) atoms. The summed E-state index contributed by atoms with van der Waals surface area (Å²) >= 11 is 1.16. The maximum atomic E-state index is 14.3. The molecule has 9 nitrogen and oxygen atoms in total. The second-order valence-corrected chi connectivity index (χ2v) is 10.4. The minimum absolute atomic E-state index is 0.0951. The number of hydrogen-bond acceptors (Lipinski definition) is 6. The van der Waals surface area contributed by atoms with E-state index < -0.39 is 17.7 Å². The molecule has 0 radical (unpaired) electrons. The van der Waals surface area contributed by atoms with E-state index >= 15 is 0 Å². The number of hydrogen-bond donors (Lipinski definition) is 2. The molecule has 2 N–H and O–H groups in total. The summed E-state index contributed by atoms with van der Waals surface area (Å²) in [5, 5.41) is 24.5. The number of carbonyl (C=O) groups is 2. The molecule has 0 fully saturated rings. The van der Waals surface area contributed by atoms with Gasteiger partial charge in [-0.3, -0.25) is 4.79 Å². The molecule has 0 aliphatic carbocycles. The van der Waals surface area contributed by atoms with E-state index in [1.54, 1.807) is 6.07 Å². The Labute approximate surface area is 239 Å². The van der Waals surface area contributed by atoms with E-state index in [-0.39, 0.29) is 22.6 Å². The zero-order valence-electron chi connectivity index (χ0n) is 22.2. The summed E-state index contributed by atoms with van der Waals surface area (Å²) in [6.07, 6.45) is 3.30. The van der Waals surface area contributed by atoms with Gasteiger partial charge in [0.2, 0.25) is 5.82 Å². The van der Waals surface area contributed by atoms with Crippen molar-refractivity contribution >= 4 is 23.2 Å². The normalized spacial score (nSPS) is 11.6. The summed E-state index contributed by atoms with van der Waals surface area (Å²) in [6, 6.07) is 21.0. The third kappa shape index (κ3) is 6.20. The number of aromatic amines is 1. The molecule has 1 amide bonds. The van der Waals surface area contributed by atoms with Crippen molar-refractivity contribution in [2.75, 3.05) is 0 Å². The number of tetrazole rings is 1. The number of aromatic nitrogens is 5. The molecule has 2 aromatic heterocycles. The van der Waals surface area contributed by atoms with E-state index in [0.717, 1.165) is 52.9 Å². The van der Waals surface area contributed by atoms with Crippen LogP contribution in [0.2, 0.25) is 0 Å². The lowest BCUT2D eigenvalue weighted by atomic mass is 9.98. The van der Waals surface area contributed by atoms with Crippen LogP contribution in [0.4, 0.5) is 4.39 Å². The van der Waals surface area contributed by atoms with Gasteiger partial charge in [-0.2, -0.15) is 10.2 Å². The highest BCUT2D eigenvalue weighted by Gasteiger charge is 2.21. The maximum Gasteiger partial charge on any atom is 0.353 e. The lowest BCUT2D eigenvalue weighted by Crippen LogP contribution is -2.22. The highest BCUT2D eigenvalue weighted by molar-refractivity contribution is 7.09. The Kier molecular flexibility index (Phi) is 8.54. The number of rotatable bonds is 10. The van der Waals surface area contributed by atoms with E-state index in [9.17, 15) is 19.1 Å². The van der Waals surface area contributed by atoms with Gasteiger partial charge in [0.05, 0.1) is 12.1 Å². The number of aromatic carboxylic acids is 1. The van der Waals surface area contributed by atoms with Crippen LogP contribution in [0, 0.1) is 5.82 Å². The molecule has 0 atom stereocenters. The van der Waals surface area contributed by atoms with E-state index in [4.69, 9.17) is 0 Å². The molecule has 3 aromatic carbocycles. The summed E-state index contributed by atoms with van der Waals surface area (Å²) in [6.45, 7) is 2.24. The van der Waals surface area contributed by atoms with Crippen molar-refractivity contribution in [3.8, 4) is 22.5 Å². The summed E-state index contributed by atoms with van der Waals surface area (Å²) < 4.78 is 15.9. The number of nitrogens with one attached hydrogen (secondary N) is 1. The van der Waals surface area contributed by atoms with Crippen LogP contribution in [0.3, 0.4) is 0 Å². The summed E-state index contributed by atoms with van der Waals surface area (Å²) in [7, 11) is 0. The van der Waals surface area contributed by atoms with Crippen molar-refractivity contribution in [3.05, 3.63) is 105 Å². The fraction of sp³-hybridized carbons (Fsp3) is 0.200. The predicted octanol–water partition coefficient (Wildman–Crippen LogP) is 5.76. The number of carbonyl (C=O) groups excluding carboxylic acids is 1. The van der Waals surface area contributed by atoms with Crippen molar-refractivity contribution in [1.29, 1.82) is 0 Å². The van der Waals surface area contributed by atoms with Gasteiger partial charge >= 0.3 is 5.97 Å². The van der Waals surface area contributed by atoms with Gasteiger partial charge < -0.3 is 9.67 Å². The number of benzene rings is 3. The first-order chi connectivity index (χ1) is 20.0. The van der Waals surface area contributed by atoms with E-state index in [2.05, 4.69) is 32.5 Å². The monoisotopic (exact) mass is 570 g/mol. The first kappa shape index (κ1) is 27.8. The number of nitrogens with zero attached hydrogens (tertiary/aromatic N) is 5. The van der Waals surface area contributed by atoms with Crippen molar-refractivity contribution in [2.45, 2.75) is 39.2 Å². The number of amides is 1. The molecule has 5 aromatic rings. The number of carboxylic acid groups (broad SMARTS) is 1. The molecule has 0 aliphatic rings. The van der Waals surface area contributed by atoms with Crippen LogP contribution in [-0.4, -0.2) is 42.2 Å². The Morgan fingerprint density at radius 3 is 2.41 bits per heavy atom. The smallest absolute Gasteiger partial charge is 0.353 e. The van der Waals surface area contributed by atoms with Crippen LogP contribution >= 0.6 is 11.3 Å². The van der Waals surface area contributed by atoms with E-state index in [1.165, 1.54) is 22.8 Å². The van der Waals surface area contributed by atoms with Crippen molar-refractivity contribution in [3.63, 3.8) is 0 Å². The number of carboxylic acids is 1. The fourth-order valence-corrected chi connectivity index (χ4v) is 5.74. The topological polar surface area (TPSA) is 126 Å². The van der Waals surface area contributed by atoms with Crippen LogP contribution in [0.25, 0.3) is 22.5 Å². The van der Waals surface area contributed by atoms with Gasteiger partial charge in [-0.15, -0.1) is 21.5 Å². The maximum absolute atomic E-state index is 14.3. The van der Waals surface area contributed by atoms with Crippen molar-refractivity contribution in [2.24, 2.45) is 4.99 Å². The molecule has 0 spiro atoms. The Hall–Kier alpha value is -4.77. The quantitative estimate of drug-likeness (QED) is 0.206. The molecule has 0 saturated carbocycles. The third-order valence-corrected chi connectivity index (χ3v) is 7.75. The van der Waals surface area contributed by atoms with Crippen LogP contribution in [0.1, 0.15) is 57.5 Å². The minimum Gasteiger partial charge on any atom is -0.477 e. The second kappa shape index (κ2) is 12.6. The average molecular weight is 571 g/mol.